The SMILES string of the molecule is Cc1cnc(N2CCC(C(N)=O)C2)nc1-c1ccccc1F. The van der Waals surface area contributed by atoms with Crippen LogP contribution in [0.3, 0.4) is 0 Å². The molecular weight excluding hydrogens is 283 g/mol. The summed E-state index contributed by atoms with van der Waals surface area (Å²) in [4.78, 5) is 22.0. The maximum Gasteiger partial charge on any atom is 0.225 e. The van der Waals surface area contributed by atoms with Gasteiger partial charge in [-0.3, -0.25) is 4.79 Å². The maximum atomic E-state index is 14.0. The molecule has 1 fully saturated rings. The van der Waals surface area contributed by atoms with Gasteiger partial charge in [0, 0.05) is 24.8 Å². The first kappa shape index (κ1) is 14.4. The van der Waals surface area contributed by atoms with Crippen molar-refractivity contribution >= 4 is 11.9 Å². The number of carbonyl (C=O) groups is 1. The average Bonchev–Trinajstić information content (AvgIpc) is 2.99. The summed E-state index contributed by atoms with van der Waals surface area (Å²) in [5, 5.41) is 0. The minimum absolute atomic E-state index is 0.179. The van der Waals surface area contributed by atoms with Gasteiger partial charge < -0.3 is 10.6 Å². The molecule has 1 atom stereocenters. The molecule has 0 saturated carbocycles. The Morgan fingerprint density at radius 2 is 2.18 bits per heavy atom. The van der Waals surface area contributed by atoms with Crippen LogP contribution in [0.1, 0.15) is 12.0 Å². The Bertz CT molecular complexity index is 719. The van der Waals surface area contributed by atoms with Gasteiger partial charge in [0.2, 0.25) is 11.9 Å². The van der Waals surface area contributed by atoms with E-state index in [9.17, 15) is 9.18 Å². The van der Waals surface area contributed by atoms with E-state index in [-0.39, 0.29) is 17.6 Å². The Morgan fingerprint density at radius 1 is 1.41 bits per heavy atom. The Hall–Kier alpha value is -2.50. The zero-order chi connectivity index (χ0) is 15.7. The summed E-state index contributed by atoms with van der Waals surface area (Å²) in [5.41, 5.74) is 7.18. The van der Waals surface area contributed by atoms with Gasteiger partial charge in [-0.15, -0.1) is 0 Å². The highest BCUT2D eigenvalue weighted by atomic mass is 19.1. The summed E-state index contributed by atoms with van der Waals surface area (Å²) < 4.78 is 14.0. The Labute approximate surface area is 128 Å². The first-order chi connectivity index (χ1) is 10.6. The van der Waals surface area contributed by atoms with Crippen molar-refractivity contribution in [3.8, 4) is 11.3 Å². The molecule has 114 valence electrons. The molecule has 1 saturated heterocycles. The van der Waals surface area contributed by atoms with Gasteiger partial charge >= 0.3 is 0 Å². The van der Waals surface area contributed by atoms with Gasteiger partial charge in [0.05, 0.1) is 11.6 Å². The molecule has 5 nitrogen and oxygen atoms in total. The van der Waals surface area contributed by atoms with Crippen LogP contribution in [-0.4, -0.2) is 29.0 Å². The lowest BCUT2D eigenvalue weighted by Gasteiger charge is -2.17. The summed E-state index contributed by atoms with van der Waals surface area (Å²) in [6.07, 6.45) is 2.38. The van der Waals surface area contributed by atoms with Crippen LogP contribution in [0.25, 0.3) is 11.3 Å². The molecule has 0 spiro atoms. The number of benzene rings is 1. The molecule has 3 rings (SSSR count). The van der Waals surface area contributed by atoms with Crippen molar-refractivity contribution in [2.24, 2.45) is 11.7 Å². The molecule has 0 bridgehead atoms. The lowest BCUT2D eigenvalue weighted by molar-refractivity contribution is -0.121. The molecule has 0 aliphatic carbocycles. The average molecular weight is 300 g/mol. The van der Waals surface area contributed by atoms with Crippen LogP contribution >= 0.6 is 0 Å². The van der Waals surface area contributed by atoms with E-state index >= 15 is 0 Å². The number of hydrogen-bond acceptors (Lipinski definition) is 4. The fraction of sp³-hybridized carbons (Fsp3) is 0.312. The van der Waals surface area contributed by atoms with E-state index in [4.69, 9.17) is 5.73 Å². The van der Waals surface area contributed by atoms with E-state index in [2.05, 4.69) is 9.97 Å². The summed E-state index contributed by atoms with van der Waals surface area (Å²) >= 11 is 0. The van der Waals surface area contributed by atoms with Crippen LogP contribution in [-0.2, 0) is 4.79 Å². The van der Waals surface area contributed by atoms with Crippen molar-refractivity contribution < 1.29 is 9.18 Å². The van der Waals surface area contributed by atoms with Crippen LogP contribution in [0.2, 0.25) is 0 Å². The molecule has 1 aromatic heterocycles. The van der Waals surface area contributed by atoms with Gasteiger partial charge in [0.25, 0.3) is 0 Å². The van der Waals surface area contributed by atoms with Crippen molar-refractivity contribution in [3.05, 3.63) is 41.8 Å². The highest BCUT2D eigenvalue weighted by molar-refractivity contribution is 5.78. The van der Waals surface area contributed by atoms with Gasteiger partial charge in [-0.25, -0.2) is 14.4 Å². The van der Waals surface area contributed by atoms with E-state index in [1.54, 1.807) is 24.4 Å². The van der Waals surface area contributed by atoms with Crippen LogP contribution in [0.5, 0.6) is 0 Å². The van der Waals surface area contributed by atoms with Crippen molar-refractivity contribution in [2.75, 3.05) is 18.0 Å². The maximum absolute atomic E-state index is 14.0. The first-order valence-electron chi connectivity index (χ1n) is 7.19. The number of aryl methyl sites for hydroxylation is 1. The summed E-state index contributed by atoms with van der Waals surface area (Å²) in [5.74, 6) is -0.287. The molecule has 1 aromatic carbocycles. The Morgan fingerprint density at radius 3 is 2.86 bits per heavy atom. The van der Waals surface area contributed by atoms with E-state index in [1.807, 2.05) is 11.8 Å². The van der Waals surface area contributed by atoms with E-state index in [1.165, 1.54) is 6.07 Å². The number of aromatic nitrogens is 2. The third-order valence-corrected chi connectivity index (χ3v) is 3.96. The minimum atomic E-state index is -0.313. The number of hydrogen-bond donors (Lipinski definition) is 1. The molecule has 2 N–H and O–H groups in total. The third-order valence-electron chi connectivity index (χ3n) is 3.96. The molecule has 2 aromatic rings. The lowest BCUT2D eigenvalue weighted by atomic mass is 10.1. The molecule has 22 heavy (non-hydrogen) atoms. The highest BCUT2D eigenvalue weighted by Gasteiger charge is 2.28. The number of anilines is 1. The quantitative estimate of drug-likeness (QED) is 0.939. The molecule has 1 aliphatic heterocycles. The molecule has 1 amide bonds. The second kappa shape index (κ2) is 5.71. The standard InChI is InChI=1S/C16H17FN4O/c1-10-8-19-16(21-7-6-11(9-21)15(18)22)20-14(10)12-4-2-3-5-13(12)17/h2-5,8,11H,6-7,9H2,1H3,(H2,18,22). The summed E-state index contributed by atoms with van der Waals surface area (Å²) in [7, 11) is 0. The number of primary amides is 1. The van der Waals surface area contributed by atoms with Gasteiger partial charge in [0.1, 0.15) is 5.82 Å². The van der Waals surface area contributed by atoms with Crippen LogP contribution in [0.15, 0.2) is 30.5 Å². The smallest absolute Gasteiger partial charge is 0.225 e. The molecular formula is C16H17FN4O. The fourth-order valence-electron chi connectivity index (χ4n) is 2.69. The minimum Gasteiger partial charge on any atom is -0.369 e. The molecule has 1 unspecified atom stereocenters. The monoisotopic (exact) mass is 300 g/mol. The van der Waals surface area contributed by atoms with Crippen molar-refractivity contribution in [2.45, 2.75) is 13.3 Å². The zero-order valence-corrected chi connectivity index (χ0v) is 12.3. The van der Waals surface area contributed by atoms with Gasteiger partial charge in [-0.1, -0.05) is 12.1 Å². The number of halogens is 1. The number of nitrogens with zero attached hydrogens (tertiary/aromatic N) is 3. The molecule has 0 radical (unpaired) electrons. The van der Waals surface area contributed by atoms with Crippen LogP contribution in [0.4, 0.5) is 10.3 Å². The van der Waals surface area contributed by atoms with Gasteiger partial charge in [0.15, 0.2) is 0 Å². The van der Waals surface area contributed by atoms with Crippen molar-refractivity contribution in [3.63, 3.8) is 0 Å². The van der Waals surface area contributed by atoms with E-state index in [0.29, 0.717) is 36.7 Å². The predicted octanol–water partition coefficient (Wildman–Crippen LogP) is 1.90. The van der Waals surface area contributed by atoms with Crippen LogP contribution < -0.4 is 10.6 Å². The van der Waals surface area contributed by atoms with Gasteiger partial charge in [-0.2, -0.15) is 0 Å². The predicted molar refractivity (Wildman–Crippen MR) is 81.7 cm³/mol. The van der Waals surface area contributed by atoms with E-state index in [0.717, 1.165) is 5.56 Å². The van der Waals surface area contributed by atoms with Crippen LogP contribution in [0, 0.1) is 18.7 Å². The van der Waals surface area contributed by atoms with Crippen molar-refractivity contribution in [1.82, 2.24) is 9.97 Å². The molecule has 1 aliphatic rings. The molecule has 2 heterocycles. The topological polar surface area (TPSA) is 72.1 Å². The Kier molecular flexibility index (Phi) is 3.75. The number of rotatable bonds is 3. The largest absolute Gasteiger partial charge is 0.369 e. The second-order valence-electron chi connectivity index (χ2n) is 5.52. The number of nitrogens with two attached hydrogens (primary N) is 1. The van der Waals surface area contributed by atoms with Crippen molar-refractivity contribution in [1.29, 1.82) is 0 Å². The normalized spacial score (nSPS) is 17.7. The zero-order valence-electron chi connectivity index (χ0n) is 12.3. The van der Waals surface area contributed by atoms with E-state index < -0.39 is 0 Å². The third kappa shape index (κ3) is 2.64. The first-order valence-corrected chi connectivity index (χ1v) is 7.19. The Balaban J connectivity index is 1.94. The van der Waals surface area contributed by atoms with Gasteiger partial charge in [-0.05, 0) is 31.0 Å². The second-order valence-corrected chi connectivity index (χ2v) is 5.52. The lowest BCUT2D eigenvalue weighted by Crippen LogP contribution is -2.28. The fourth-order valence-corrected chi connectivity index (χ4v) is 2.69. The molecule has 6 heteroatoms. The number of carbonyl (C=O) groups excluding carboxylic acids is 1. The highest BCUT2D eigenvalue weighted by Crippen LogP contribution is 2.27. The summed E-state index contributed by atoms with van der Waals surface area (Å²) in [6.45, 7) is 3.03. The number of amides is 1. The summed E-state index contributed by atoms with van der Waals surface area (Å²) in [6, 6.07) is 6.53.